The maximum absolute atomic E-state index is 10.7. The number of benzene rings is 4. The van der Waals surface area contributed by atoms with Crippen molar-refractivity contribution in [1.29, 1.82) is 0 Å². The van der Waals surface area contributed by atoms with Gasteiger partial charge < -0.3 is 20.4 Å². The predicted octanol–water partition coefficient (Wildman–Crippen LogP) is 16.4. The third kappa shape index (κ3) is 9.41. The van der Waals surface area contributed by atoms with Crippen LogP contribution < -0.4 is 0 Å². The molecule has 0 aliphatic heterocycles. The number of phenolic OH excluding ortho intramolecular Hbond substituents is 4. The first-order valence-corrected chi connectivity index (χ1v) is 23.4. The summed E-state index contributed by atoms with van der Waals surface area (Å²) >= 11 is 20.3. The lowest BCUT2D eigenvalue weighted by Crippen LogP contribution is -2.31. The van der Waals surface area contributed by atoms with Crippen LogP contribution in [-0.4, -0.2) is 20.4 Å². The first-order valence-electron chi connectivity index (χ1n) is 21.1. The fourth-order valence-corrected chi connectivity index (χ4v) is 10.8. The molecule has 0 aromatic heterocycles. The molecule has 4 nitrogen and oxygen atoms in total. The molecule has 2 fully saturated rings. The van der Waals surface area contributed by atoms with Crippen LogP contribution in [0.4, 0.5) is 0 Å². The molecule has 2 aliphatic carbocycles. The molecule has 4 N–H and O–H groups in total. The molecule has 6 rings (SSSR count). The monoisotopic (exact) mass is 956 g/mol. The summed E-state index contributed by atoms with van der Waals surface area (Å²) in [6, 6.07) is 16.7. The van der Waals surface area contributed by atoms with Crippen LogP contribution in [0.15, 0.2) is 57.5 Å². The largest absolute Gasteiger partial charge is 0.506 e. The fraction of sp³-hybridized carbons (Fsp3) is 0.520. The second-order valence-electron chi connectivity index (χ2n) is 19.6. The topological polar surface area (TPSA) is 80.9 Å². The van der Waals surface area contributed by atoms with Gasteiger partial charge in [0.2, 0.25) is 0 Å². The van der Waals surface area contributed by atoms with Crippen LogP contribution in [0, 0.1) is 0 Å². The molecule has 0 radical (unpaired) electrons. The predicted molar refractivity (Wildman–Crippen MR) is 251 cm³/mol. The van der Waals surface area contributed by atoms with Gasteiger partial charge >= 0.3 is 0 Å². The van der Waals surface area contributed by atoms with E-state index in [1.807, 2.05) is 12.1 Å². The minimum atomic E-state index is -0.243. The Balaban J connectivity index is 0.000000221. The molecule has 2 saturated carbocycles. The number of hydrogen-bond donors (Lipinski definition) is 4. The zero-order valence-electron chi connectivity index (χ0n) is 36.1. The van der Waals surface area contributed by atoms with Crippen molar-refractivity contribution >= 4 is 55.1 Å². The molecule has 4 aromatic carbocycles. The Kier molecular flexibility index (Phi) is 14.4. The van der Waals surface area contributed by atoms with Gasteiger partial charge in [-0.3, -0.25) is 0 Å². The SMILES string of the molecule is CC(C)(C)c1cc(C2(c3cc(Cl)c(O)c(C(C)(C)C)c3)CCCCC2)cc(Cl)c1O.CC(C)c1cc(C2(c3cc(Br)c(O)c(C(C)C)c3)CCCCC2)cc(Br)c1O. The molecule has 0 heterocycles. The molecular weight excluding hydrogens is 895 g/mol. The molecule has 0 spiro atoms. The molecule has 0 saturated heterocycles. The number of aromatic hydroxyl groups is 4. The molecule has 8 heteroatoms. The Labute approximate surface area is 375 Å². The van der Waals surface area contributed by atoms with Crippen molar-refractivity contribution < 1.29 is 20.4 Å². The van der Waals surface area contributed by atoms with Crippen LogP contribution in [0.2, 0.25) is 10.0 Å². The van der Waals surface area contributed by atoms with Gasteiger partial charge in [-0.05, 0) is 138 Å². The summed E-state index contributed by atoms with van der Waals surface area (Å²) in [5, 5.41) is 43.2. The summed E-state index contributed by atoms with van der Waals surface area (Å²) in [5.74, 6) is 1.51. The summed E-state index contributed by atoms with van der Waals surface area (Å²) in [4.78, 5) is 0. The van der Waals surface area contributed by atoms with Gasteiger partial charge in [-0.15, -0.1) is 0 Å². The Morgan fingerprint density at radius 2 is 0.759 bits per heavy atom. The first-order chi connectivity index (χ1) is 26.9. The Bertz CT molecular complexity index is 1980. The van der Waals surface area contributed by atoms with Crippen molar-refractivity contribution in [3.05, 3.63) is 112 Å². The fourth-order valence-electron chi connectivity index (χ4n) is 9.37. The minimum absolute atomic E-state index is 0.0992. The second-order valence-corrected chi connectivity index (χ2v) is 22.1. The molecule has 0 amide bonds. The van der Waals surface area contributed by atoms with Crippen LogP contribution in [0.3, 0.4) is 0 Å². The van der Waals surface area contributed by atoms with Gasteiger partial charge in [-0.25, -0.2) is 0 Å². The molecule has 316 valence electrons. The second kappa shape index (κ2) is 17.9. The van der Waals surface area contributed by atoms with Crippen molar-refractivity contribution in [3.63, 3.8) is 0 Å². The highest BCUT2D eigenvalue weighted by Crippen LogP contribution is 2.52. The first kappa shape index (κ1) is 46.7. The zero-order valence-corrected chi connectivity index (χ0v) is 40.8. The standard InChI is InChI=1S/C26H34Cl2O2.C24H30Br2O2/c1-24(2,3)18-12-16(14-20(27)22(18)29)26(10-8-7-9-11-26)17-13-19(25(4,5)6)23(30)21(28)15-17;1-14(2)18-10-16(12-20(25)22(18)27)24(8-6-5-7-9-24)17-11-19(15(3)4)23(28)21(26)13-17/h12-15,29-30H,7-11H2,1-6H3;10-15,27-28H,5-9H2,1-4H3. The van der Waals surface area contributed by atoms with Crippen molar-refractivity contribution in [3.8, 4) is 23.0 Å². The maximum atomic E-state index is 10.7. The van der Waals surface area contributed by atoms with Gasteiger partial charge in [-0.1, -0.05) is 155 Å². The average molecular weight is 960 g/mol. The minimum Gasteiger partial charge on any atom is -0.506 e. The van der Waals surface area contributed by atoms with Gasteiger partial charge in [0.05, 0.1) is 19.0 Å². The number of phenols is 4. The summed E-state index contributed by atoms with van der Waals surface area (Å²) in [5.41, 5.74) is 7.63. The van der Waals surface area contributed by atoms with E-state index in [9.17, 15) is 20.4 Å². The van der Waals surface area contributed by atoms with E-state index in [0.29, 0.717) is 21.5 Å². The number of halogens is 4. The van der Waals surface area contributed by atoms with Crippen molar-refractivity contribution in [1.82, 2.24) is 0 Å². The zero-order chi connectivity index (χ0) is 43.1. The van der Waals surface area contributed by atoms with E-state index in [4.69, 9.17) is 23.2 Å². The Morgan fingerprint density at radius 3 is 1.03 bits per heavy atom. The lowest BCUT2D eigenvalue weighted by Gasteiger charge is -2.40. The van der Waals surface area contributed by atoms with E-state index in [0.717, 1.165) is 80.9 Å². The van der Waals surface area contributed by atoms with E-state index >= 15 is 0 Å². The number of rotatable bonds is 6. The highest BCUT2D eigenvalue weighted by Gasteiger charge is 2.40. The molecule has 2 aliphatic rings. The van der Waals surface area contributed by atoms with Crippen LogP contribution in [0.5, 0.6) is 23.0 Å². The Hall–Kier alpha value is -2.38. The summed E-state index contributed by atoms with van der Waals surface area (Å²) in [7, 11) is 0. The summed E-state index contributed by atoms with van der Waals surface area (Å²) < 4.78 is 1.53. The lowest BCUT2D eigenvalue weighted by molar-refractivity contribution is 0.343. The van der Waals surface area contributed by atoms with E-state index < -0.39 is 0 Å². The quantitative estimate of drug-likeness (QED) is 0.155. The molecule has 0 bridgehead atoms. The van der Waals surface area contributed by atoms with Crippen LogP contribution >= 0.6 is 55.1 Å². The molecular formula is C50H64Br2Cl2O4. The van der Waals surface area contributed by atoms with Gasteiger partial charge in [0.1, 0.15) is 23.0 Å². The van der Waals surface area contributed by atoms with Crippen LogP contribution in [0.25, 0.3) is 0 Å². The smallest absolute Gasteiger partial charge is 0.137 e. The summed E-state index contributed by atoms with van der Waals surface area (Å²) in [6.07, 6.45) is 11.2. The van der Waals surface area contributed by atoms with Gasteiger partial charge in [0.15, 0.2) is 0 Å². The molecule has 0 atom stereocenters. The highest BCUT2D eigenvalue weighted by atomic mass is 79.9. The van der Waals surface area contributed by atoms with E-state index in [-0.39, 0.29) is 45.0 Å². The third-order valence-electron chi connectivity index (χ3n) is 12.8. The van der Waals surface area contributed by atoms with Gasteiger partial charge in [-0.2, -0.15) is 0 Å². The van der Waals surface area contributed by atoms with Crippen molar-refractivity contribution in [2.45, 2.75) is 167 Å². The number of hydrogen-bond acceptors (Lipinski definition) is 4. The van der Waals surface area contributed by atoms with Crippen LogP contribution in [-0.2, 0) is 21.7 Å². The third-order valence-corrected chi connectivity index (χ3v) is 14.6. The van der Waals surface area contributed by atoms with Crippen molar-refractivity contribution in [2.75, 3.05) is 0 Å². The van der Waals surface area contributed by atoms with Crippen molar-refractivity contribution in [2.24, 2.45) is 0 Å². The molecule has 58 heavy (non-hydrogen) atoms. The van der Waals surface area contributed by atoms with E-state index in [1.165, 1.54) is 36.8 Å². The normalized spacial score (nSPS) is 17.0. The summed E-state index contributed by atoms with van der Waals surface area (Å²) in [6.45, 7) is 21.0. The lowest BCUT2D eigenvalue weighted by atomic mass is 9.64. The Morgan fingerprint density at radius 1 is 0.466 bits per heavy atom. The van der Waals surface area contributed by atoms with E-state index in [2.05, 4.69) is 137 Å². The van der Waals surface area contributed by atoms with Gasteiger partial charge in [0.25, 0.3) is 0 Å². The van der Waals surface area contributed by atoms with Gasteiger partial charge in [0, 0.05) is 22.0 Å². The molecule has 0 unspecified atom stereocenters. The van der Waals surface area contributed by atoms with Crippen LogP contribution in [0.1, 0.15) is 190 Å². The highest BCUT2D eigenvalue weighted by molar-refractivity contribution is 9.11. The molecule has 4 aromatic rings. The average Bonchev–Trinajstić information content (AvgIpc) is 3.15. The van der Waals surface area contributed by atoms with E-state index in [1.54, 1.807) is 0 Å². The maximum Gasteiger partial charge on any atom is 0.137 e.